The minimum absolute atomic E-state index is 0. The van der Waals surface area contributed by atoms with Crippen LogP contribution in [0.2, 0.25) is 0 Å². The minimum atomic E-state index is -1.03. The first-order chi connectivity index (χ1) is 5.68. The van der Waals surface area contributed by atoms with E-state index in [1.807, 2.05) is 31.2 Å². The zero-order valence-corrected chi connectivity index (χ0v) is 10.6. The van der Waals surface area contributed by atoms with E-state index in [0.29, 0.717) is 0 Å². The number of carboxylic acids is 1. The molecule has 0 unspecified atom stereocenters. The molecule has 0 fully saturated rings. The zero-order valence-electron chi connectivity index (χ0n) is 7.74. The first-order valence-electron chi connectivity index (χ1n) is 3.58. The van der Waals surface area contributed by atoms with Crippen LogP contribution in [-0.2, 0) is 4.79 Å². The fourth-order valence-corrected chi connectivity index (χ4v) is 1.58. The summed E-state index contributed by atoms with van der Waals surface area (Å²) < 4.78 is 0. The third-order valence-corrected chi connectivity index (χ3v) is 2.31. The van der Waals surface area contributed by atoms with Crippen LogP contribution in [-0.4, -0.2) is 11.7 Å². The van der Waals surface area contributed by atoms with Crippen molar-refractivity contribution in [1.29, 1.82) is 0 Å². The maximum atomic E-state index is 10.1. The van der Waals surface area contributed by atoms with Gasteiger partial charge in [-0.25, -0.2) is 0 Å². The molecule has 0 radical (unpaired) electrons. The Morgan fingerprint density at radius 1 is 1.54 bits per heavy atom. The molecule has 13 heavy (non-hydrogen) atoms. The molecule has 0 saturated heterocycles. The minimum Gasteiger partial charge on any atom is -0.549 e. The van der Waals surface area contributed by atoms with E-state index in [2.05, 4.69) is 0 Å². The summed E-state index contributed by atoms with van der Waals surface area (Å²) in [4.78, 5) is 11.1. The van der Waals surface area contributed by atoms with Gasteiger partial charge in [0.1, 0.15) is 0 Å². The van der Waals surface area contributed by atoms with Gasteiger partial charge in [0, 0.05) is 10.6 Å². The molecule has 0 atom stereocenters. The molecule has 0 spiro atoms. The normalized spacial score (nSPS) is 9.00. The molecule has 1 aromatic rings. The summed E-state index contributed by atoms with van der Waals surface area (Å²) in [6.45, 7) is 1.98. The van der Waals surface area contributed by atoms with E-state index in [9.17, 15) is 9.90 Å². The Labute approximate surface area is 104 Å². The summed E-state index contributed by atoms with van der Waals surface area (Å²) in [6.07, 6.45) is 0. The van der Waals surface area contributed by atoms with Gasteiger partial charge in [-0.2, -0.15) is 0 Å². The van der Waals surface area contributed by atoms with Crippen molar-refractivity contribution in [2.45, 2.75) is 11.8 Å². The molecule has 2 nitrogen and oxygen atoms in total. The van der Waals surface area contributed by atoms with Crippen molar-refractivity contribution in [3.8, 4) is 0 Å². The second-order valence-electron chi connectivity index (χ2n) is 2.48. The Morgan fingerprint density at radius 2 is 2.23 bits per heavy atom. The van der Waals surface area contributed by atoms with Crippen LogP contribution in [0.4, 0.5) is 0 Å². The predicted molar refractivity (Wildman–Crippen MR) is 46.9 cm³/mol. The summed E-state index contributed by atoms with van der Waals surface area (Å²) in [5.74, 6) is -1.01. The molecular formula is C9H9NaO2S. The predicted octanol–water partition coefficient (Wildman–Crippen LogP) is -2.16. The van der Waals surface area contributed by atoms with Crippen molar-refractivity contribution in [2.24, 2.45) is 0 Å². The number of carbonyl (C=O) groups excluding carboxylic acids is 1. The van der Waals surface area contributed by atoms with Crippen LogP contribution in [0.15, 0.2) is 29.2 Å². The van der Waals surface area contributed by atoms with Crippen molar-refractivity contribution in [1.82, 2.24) is 0 Å². The molecule has 64 valence electrons. The number of aryl methyl sites for hydroxylation is 1. The third kappa shape index (κ3) is 5.37. The average molecular weight is 204 g/mol. The smallest absolute Gasteiger partial charge is 0.549 e. The van der Waals surface area contributed by atoms with Gasteiger partial charge in [-0.3, -0.25) is 0 Å². The van der Waals surface area contributed by atoms with E-state index < -0.39 is 5.97 Å². The van der Waals surface area contributed by atoms with Gasteiger partial charge < -0.3 is 9.90 Å². The Bertz CT molecular complexity index is 289. The van der Waals surface area contributed by atoms with Gasteiger partial charge in [0.05, 0.1) is 5.97 Å². The van der Waals surface area contributed by atoms with E-state index in [1.54, 1.807) is 0 Å². The maximum Gasteiger partial charge on any atom is 1.00 e. The zero-order chi connectivity index (χ0) is 8.97. The molecule has 1 rings (SSSR count). The quantitative estimate of drug-likeness (QED) is 0.416. The Balaban J connectivity index is 0.00000144. The van der Waals surface area contributed by atoms with E-state index >= 15 is 0 Å². The topological polar surface area (TPSA) is 40.1 Å². The summed E-state index contributed by atoms with van der Waals surface area (Å²) in [6, 6.07) is 7.73. The number of aliphatic carboxylic acids is 1. The van der Waals surface area contributed by atoms with Gasteiger partial charge in [0.2, 0.25) is 0 Å². The molecule has 0 aliphatic carbocycles. The number of hydrogen-bond donors (Lipinski definition) is 0. The van der Waals surface area contributed by atoms with Crippen molar-refractivity contribution in [3.05, 3.63) is 29.8 Å². The van der Waals surface area contributed by atoms with Crippen molar-refractivity contribution < 1.29 is 39.5 Å². The Hall–Kier alpha value is 0.0400. The average Bonchev–Trinajstić information content (AvgIpc) is 2.01. The molecule has 0 bridgehead atoms. The van der Waals surface area contributed by atoms with Crippen LogP contribution in [0.1, 0.15) is 5.56 Å². The van der Waals surface area contributed by atoms with Gasteiger partial charge in [0.25, 0.3) is 0 Å². The molecule has 0 aliphatic rings. The summed E-state index contributed by atoms with van der Waals surface area (Å²) in [5.41, 5.74) is 1.14. The third-order valence-electron chi connectivity index (χ3n) is 1.35. The number of rotatable bonds is 3. The molecule has 0 heterocycles. The molecule has 1 aromatic carbocycles. The summed E-state index contributed by atoms with van der Waals surface area (Å²) in [7, 11) is 0. The van der Waals surface area contributed by atoms with Crippen LogP contribution in [0.5, 0.6) is 0 Å². The van der Waals surface area contributed by atoms with Crippen molar-refractivity contribution in [3.63, 3.8) is 0 Å². The van der Waals surface area contributed by atoms with Crippen LogP contribution in [0.3, 0.4) is 0 Å². The molecule has 0 aromatic heterocycles. The first kappa shape index (κ1) is 13.0. The molecule has 0 amide bonds. The van der Waals surface area contributed by atoms with E-state index in [0.717, 1.165) is 10.5 Å². The SMILES string of the molecule is Cc1cccc(SCC(=O)[O-])c1.[Na+]. The largest absolute Gasteiger partial charge is 1.00 e. The van der Waals surface area contributed by atoms with Crippen molar-refractivity contribution >= 4 is 17.7 Å². The number of carbonyl (C=O) groups is 1. The standard InChI is InChI=1S/C9H10O2S.Na/c1-7-3-2-4-8(5-7)12-6-9(10)11;/h2-5H,6H2,1H3,(H,10,11);/q;+1/p-1. The fraction of sp³-hybridized carbons (Fsp3) is 0.222. The van der Waals surface area contributed by atoms with Crippen LogP contribution in [0, 0.1) is 6.92 Å². The van der Waals surface area contributed by atoms with E-state index in [-0.39, 0.29) is 35.3 Å². The monoisotopic (exact) mass is 204 g/mol. The Morgan fingerprint density at radius 3 is 2.77 bits per heavy atom. The maximum absolute atomic E-state index is 10.1. The van der Waals surface area contributed by atoms with Gasteiger partial charge in [-0.05, 0) is 19.1 Å². The van der Waals surface area contributed by atoms with E-state index in [1.165, 1.54) is 11.8 Å². The second kappa shape index (κ2) is 6.49. The number of benzene rings is 1. The molecule has 0 aliphatic heterocycles. The molecular weight excluding hydrogens is 195 g/mol. The van der Waals surface area contributed by atoms with Gasteiger partial charge >= 0.3 is 29.6 Å². The second-order valence-corrected chi connectivity index (χ2v) is 3.53. The number of carboxylic acid groups (broad SMARTS) is 1. The van der Waals surface area contributed by atoms with Gasteiger partial charge in [-0.1, -0.05) is 17.7 Å². The van der Waals surface area contributed by atoms with E-state index in [4.69, 9.17) is 0 Å². The summed E-state index contributed by atoms with van der Waals surface area (Å²) >= 11 is 1.28. The van der Waals surface area contributed by atoms with Crippen LogP contribution >= 0.6 is 11.8 Å². The molecule has 4 heteroatoms. The number of thioether (sulfide) groups is 1. The molecule has 0 N–H and O–H groups in total. The summed E-state index contributed by atoms with van der Waals surface area (Å²) in [5, 5.41) is 10.1. The van der Waals surface area contributed by atoms with Crippen molar-refractivity contribution in [2.75, 3.05) is 5.75 Å². The first-order valence-corrected chi connectivity index (χ1v) is 4.56. The van der Waals surface area contributed by atoms with Crippen LogP contribution < -0.4 is 34.7 Å². The number of hydrogen-bond acceptors (Lipinski definition) is 3. The molecule has 0 saturated carbocycles. The van der Waals surface area contributed by atoms with Gasteiger partial charge in [0.15, 0.2) is 0 Å². The Kier molecular flexibility index (Phi) is 6.51. The van der Waals surface area contributed by atoms with Gasteiger partial charge in [-0.15, -0.1) is 11.8 Å². The van der Waals surface area contributed by atoms with Crippen LogP contribution in [0.25, 0.3) is 0 Å². The fourth-order valence-electron chi connectivity index (χ4n) is 0.847.